The summed E-state index contributed by atoms with van der Waals surface area (Å²) in [5.41, 5.74) is 4.94. The molecule has 0 fully saturated rings. The molecule has 0 aliphatic carbocycles. The maximum absolute atomic E-state index is 10.6. The first-order valence-corrected chi connectivity index (χ1v) is 5.30. The van der Waals surface area contributed by atoms with Crippen molar-refractivity contribution in [2.24, 2.45) is 0 Å². The summed E-state index contributed by atoms with van der Waals surface area (Å²) in [7, 11) is 0. The summed E-state index contributed by atoms with van der Waals surface area (Å²) in [5, 5.41) is 21.2. The van der Waals surface area contributed by atoms with Gasteiger partial charge in [0.15, 0.2) is 0 Å². The molecular formula is C11H8N4O5. The maximum atomic E-state index is 10.6. The van der Waals surface area contributed by atoms with Gasteiger partial charge in [0, 0.05) is 18.2 Å². The highest BCUT2D eigenvalue weighted by Crippen LogP contribution is 2.27. The van der Waals surface area contributed by atoms with Crippen molar-refractivity contribution in [2.45, 2.75) is 0 Å². The largest absolute Gasteiger partial charge is 0.439 e. The summed E-state index contributed by atoms with van der Waals surface area (Å²) in [6.07, 6.45) is 0. The summed E-state index contributed by atoms with van der Waals surface area (Å²) in [6, 6.07) is 7.86. The molecule has 1 aromatic heterocycles. The number of aromatic nitrogens is 1. The van der Waals surface area contributed by atoms with Crippen LogP contribution in [0.1, 0.15) is 0 Å². The molecule has 9 nitrogen and oxygen atoms in total. The van der Waals surface area contributed by atoms with Gasteiger partial charge in [-0.05, 0) is 6.07 Å². The van der Waals surface area contributed by atoms with Gasteiger partial charge in [0.1, 0.15) is 5.75 Å². The molecule has 2 N–H and O–H groups in total. The van der Waals surface area contributed by atoms with Crippen LogP contribution in [-0.4, -0.2) is 14.8 Å². The van der Waals surface area contributed by atoms with E-state index in [1.54, 1.807) is 0 Å². The van der Waals surface area contributed by atoms with Crippen LogP contribution in [0.25, 0.3) is 0 Å². The van der Waals surface area contributed by atoms with Gasteiger partial charge in [0.2, 0.25) is 11.7 Å². The average Bonchev–Trinajstić information content (AvgIpc) is 2.38. The van der Waals surface area contributed by atoms with Gasteiger partial charge in [0.25, 0.3) is 5.69 Å². The predicted octanol–water partition coefficient (Wildman–Crippen LogP) is 2.27. The first kappa shape index (κ1) is 13.2. The Kier molecular flexibility index (Phi) is 3.42. The number of non-ortho nitro benzene ring substituents is 1. The van der Waals surface area contributed by atoms with Gasteiger partial charge >= 0.3 is 5.69 Å². The Hall–Kier alpha value is -3.23. The molecular weight excluding hydrogens is 268 g/mol. The standard InChI is InChI=1S/C11H8N4O5/c12-11-9(15(18)19)4-5-10(13-11)20-8-3-1-2-7(6-8)14(16)17/h1-6H,(H2,12,13). The Morgan fingerprint density at radius 2 is 1.85 bits per heavy atom. The summed E-state index contributed by atoms with van der Waals surface area (Å²) in [6.45, 7) is 0. The van der Waals surface area contributed by atoms with Gasteiger partial charge in [-0.2, -0.15) is 4.98 Å². The molecule has 2 rings (SSSR count). The van der Waals surface area contributed by atoms with Crippen LogP contribution in [0, 0.1) is 20.2 Å². The highest BCUT2D eigenvalue weighted by Gasteiger charge is 2.14. The Bertz CT molecular complexity index is 688. The number of nitrogens with zero attached hydrogens (tertiary/aromatic N) is 3. The van der Waals surface area contributed by atoms with Crippen molar-refractivity contribution < 1.29 is 14.6 Å². The minimum absolute atomic E-state index is 0.00796. The van der Waals surface area contributed by atoms with Crippen molar-refractivity contribution in [1.29, 1.82) is 0 Å². The second-order valence-electron chi connectivity index (χ2n) is 3.67. The van der Waals surface area contributed by atoms with Gasteiger partial charge in [-0.1, -0.05) is 6.07 Å². The van der Waals surface area contributed by atoms with Gasteiger partial charge in [-0.3, -0.25) is 20.2 Å². The minimum Gasteiger partial charge on any atom is -0.439 e. The topological polar surface area (TPSA) is 134 Å². The minimum atomic E-state index is -0.667. The van der Waals surface area contributed by atoms with E-state index in [0.29, 0.717) is 0 Å². The normalized spacial score (nSPS) is 10.0. The quantitative estimate of drug-likeness (QED) is 0.668. The van der Waals surface area contributed by atoms with Crippen molar-refractivity contribution >= 4 is 17.2 Å². The van der Waals surface area contributed by atoms with Crippen LogP contribution in [-0.2, 0) is 0 Å². The van der Waals surface area contributed by atoms with Crippen LogP contribution in [0.5, 0.6) is 11.6 Å². The number of hydrogen-bond acceptors (Lipinski definition) is 7. The summed E-state index contributed by atoms with van der Waals surface area (Å²) < 4.78 is 5.27. The fourth-order valence-electron chi connectivity index (χ4n) is 1.44. The van der Waals surface area contributed by atoms with Crippen LogP contribution in [0.3, 0.4) is 0 Å². The fourth-order valence-corrected chi connectivity index (χ4v) is 1.44. The van der Waals surface area contributed by atoms with Crippen LogP contribution < -0.4 is 10.5 Å². The molecule has 1 heterocycles. The number of ether oxygens (including phenoxy) is 1. The molecule has 0 aliphatic rings. The van der Waals surface area contributed by atoms with Crippen molar-refractivity contribution in [3.63, 3.8) is 0 Å². The Balaban J connectivity index is 2.26. The second kappa shape index (κ2) is 5.18. The average molecular weight is 276 g/mol. The third kappa shape index (κ3) is 2.77. The first-order chi connectivity index (χ1) is 9.47. The number of nitro benzene ring substituents is 1. The lowest BCUT2D eigenvalue weighted by molar-refractivity contribution is -0.385. The lowest BCUT2D eigenvalue weighted by Crippen LogP contribution is -1.99. The molecule has 20 heavy (non-hydrogen) atoms. The lowest BCUT2D eigenvalue weighted by atomic mass is 10.3. The van der Waals surface area contributed by atoms with Crippen molar-refractivity contribution in [2.75, 3.05) is 5.73 Å². The molecule has 0 radical (unpaired) electrons. The van der Waals surface area contributed by atoms with Crippen LogP contribution in [0.15, 0.2) is 36.4 Å². The number of benzene rings is 1. The fraction of sp³-hybridized carbons (Fsp3) is 0. The molecule has 102 valence electrons. The van der Waals surface area contributed by atoms with E-state index in [9.17, 15) is 20.2 Å². The molecule has 0 aliphatic heterocycles. The summed E-state index contributed by atoms with van der Waals surface area (Å²) in [5.74, 6) is -0.105. The summed E-state index contributed by atoms with van der Waals surface area (Å²) >= 11 is 0. The number of rotatable bonds is 4. The molecule has 0 saturated carbocycles. The molecule has 0 unspecified atom stereocenters. The number of nitro groups is 2. The van der Waals surface area contributed by atoms with Crippen LogP contribution in [0.2, 0.25) is 0 Å². The maximum Gasteiger partial charge on any atom is 0.311 e. The van der Waals surface area contributed by atoms with Crippen molar-refractivity contribution in [1.82, 2.24) is 4.98 Å². The number of pyridine rings is 1. The van der Waals surface area contributed by atoms with Crippen LogP contribution >= 0.6 is 0 Å². The molecule has 0 atom stereocenters. The van der Waals surface area contributed by atoms with E-state index in [0.717, 1.165) is 6.07 Å². The molecule has 1 aromatic carbocycles. The van der Waals surface area contributed by atoms with E-state index in [1.165, 1.54) is 30.3 Å². The zero-order valence-corrected chi connectivity index (χ0v) is 9.92. The van der Waals surface area contributed by atoms with Crippen molar-refractivity contribution in [3.05, 3.63) is 56.6 Å². The van der Waals surface area contributed by atoms with Crippen molar-refractivity contribution in [3.8, 4) is 11.6 Å². The zero-order valence-electron chi connectivity index (χ0n) is 9.92. The molecule has 2 aromatic rings. The smallest absolute Gasteiger partial charge is 0.311 e. The zero-order chi connectivity index (χ0) is 14.7. The lowest BCUT2D eigenvalue weighted by Gasteiger charge is -2.05. The van der Waals surface area contributed by atoms with E-state index >= 15 is 0 Å². The van der Waals surface area contributed by atoms with Gasteiger partial charge in [0.05, 0.1) is 15.9 Å². The molecule has 0 spiro atoms. The Morgan fingerprint density at radius 3 is 2.45 bits per heavy atom. The molecule has 0 amide bonds. The van der Waals surface area contributed by atoms with E-state index in [-0.39, 0.29) is 28.8 Å². The number of nitrogens with two attached hydrogens (primary N) is 1. The first-order valence-electron chi connectivity index (χ1n) is 5.30. The second-order valence-corrected chi connectivity index (χ2v) is 3.67. The van der Waals surface area contributed by atoms with E-state index < -0.39 is 9.85 Å². The van der Waals surface area contributed by atoms with E-state index in [1.807, 2.05) is 0 Å². The van der Waals surface area contributed by atoms with Crippen LogP contribution in [0.4, 0.5) is 17.2 Å². The number of anilines is 1. The number of hydrogen-bond donors (Lipinski definition) is 1. The third-order valence-corrected chi connectivity index (χ3v) is 2.32. The Morgan fingerprint density at radius 1 is 1.10 bits per heavy atom. The third-order valence-electron chi connectivity index (χ3n) is 2.32. The Labute approximate surface area is 111 Å². The summed E-state index contributed by atoms with van der Waals surface area (Å²) in [4.78, 5) is 23.7. The van der Waals surface area contributed by atoms with Gasteiger partial charge in [-0.15, -0.1) is 0 Å². The predicted molar refractivity (Wildman–Crippen MR) is 68.5 cm³/mol. The number of nitrogen functional groups attached to an aromatic ring is 1. The van der Waals surface area contributed by atoms with Gasteiger partial charge < -0.3 is 10.5 Å². The highest BCUT2D eigenvalue weighted by molar-refractivity contribution is 5.53. The monoisotopic (exact) mass is 276 g/mol. The van der Waals surface area contributed by atoms with Gasteiger partial charge in [-0.25, -0.2) is 0 Å². The van der Waals surface area contributed by atoms with E-state index in [4.69, 9.17) is 10.5 Å². The molecule has 0 bridgehead atoms. The molecule has 0 saturated heterocycles. The van der Waals surface area contributed by atoms with E-state index in [2.05, 4.69) is 4.98 Å². The molecule has 9 heteroatoms. The SMILES string of the molecule is Nc1nc(Oc2cccc([N+](=O)[O-])c2)ccc1[N+](=O)[O-]. The highest BCUT2D eigenvalue weighted by atomic mass is 16.6.